The molecule has 0 unspecified atom stereocenters. The van der Waals surface area contributed by atoms with Gasteiger partial charge in [0, 0.05) is 11.4 Å². The second-order valence-electron chi connectivity index (χ2n) is 5.94. The molecule has 6 nitrogen and oxygen atoms in total. The van der Waals surface area contributed by atoms with E-state index in [0.29, 0.717) is 5.39 Å². The molecule has 2 aromatic heterocycles. The molecular formula is C17H16N2O4S2. The van der Waals surface area contributed by atoms with Crippen LogP contribution in [-0.2, 0) is 29.5 Å². The van der Waals surface area contributed by atoms with Crippen molar-refractivity contribution in [3.8, 4) is 5.75 Å². The zero-order valence-corrected chi connectivity index (χ0v) is 15.0. The van der Waals surface area contributed by atoms with Crippen LogP contribution < -0.4 is 9.74 Å². The minimum atomic E-state index is -3.79. The number of hydrogen-bond acceptors (Lipinski definition) is 6. The summed E-state index contributed by atoms with van der Waals surface area (Å²) in [6.45, 7) is 0.0154. The first-order chi connectivity index (χ1) is 12.0. The quantitative estimate of drug-likeness (QED) is 0.639. The van der Waals surface area contributed by atoms with Crippen LogP contribution in [0.25, 0.3) is 10.2 Å². The standard InChI is InChI=1S/C17H16N2O4S2/c20-17-15-13-7-4-8-14(13)24-16(15)18-11-19(17)9-10-25(21,22)23-12-5-2-1-3-6-12/h1-3,5-6,11H,4,7-10H2. The first-order valence-corrected chi connectivity index (χ1v) is 10.4. The number of rotatable bonds is 5. The van der Waals surface area contributed by atoms with Crippen LogP contribution in [0.3, 0.4) is 0 Å². The average Bonchev–Trinajstić information content (AvgIpc) is 3.15. The lowest BCUT2D eigenvalue weighted by molar-refractivity contribution is 0.480. The number of aryl methyl sites for hydroxylation is 3. The van der Waals surface area contributed by atoms with E-state index in [1.807, 2.05) is 0 Å². The second kappa shape index (κ2) is 6.27. The minimum Gasteiger partial charge on any atom is -0.382 e. The van der Waals surface area contributed by atoms with Crippen LogP contribution >= 0.6 is 11.3 Å². The Morgan fingerprint density at radius 2 is 2.00 bits per heavy atom. The van der Waals surface area contributed by atoms with Crippen LogP contribution in [0.1, 0.15) is 16.9 Å². The lowest BCUT2D eigenvalue weighted by Gasteiger charge is -2.08. The topological polar surface area (TPSA) is 78.3 Å². The van der Waals surface area contributed by atoms with Crippen molar-refractivity contribution in [1.29, 1.82) is 0 Å². The maximum atomic E-state index is 12.7. The van der Waals surface area contributed by atoms with Gasteiger partial charge in [0.1, 0.15) is 16.3 Å². The highest BCUT2D eigenvalue weighted by Gasteiger charge is 2.22. The molecule has 0 spiro atoms. The number of nitrogens with zero attached hydrogens (tertiary/aromatic N) is 2. The van der Waals surface area contributed by atoms with E-state index < -0.39 is 10.1 Å². The fourth-order valence-corrected chi connectivity index (χ4v) is 5.18. The Bertz CT molecular complexity index is 1090. The first kappa shape index (κ1) is 16.3. The predicted molar refractivity (Wildman–Crippen MR) is 96.8 cm³/mol. The maximum absolute atomic E-state index is 12.7. The zero-order valence-electron chi connectivity index (χ0n) is 13.3. The van der Waals surface area contributed by atoms with Gasteiger partial charge in [-0.1, -0.05) is 18.2 Å². The van der Waals surface area contributed by atoms with Crippen molar-refractivity contribution < 1.29 is 12.6 Å². The number of hydrogen-bond donors (Lipinski definition) is 0. The fraction of sp³-hybridized carbons (Fsp3) is 0.294. The molecule has 1 aliphatic carbocycles. The molecular weight excluding hydrogens is 360 g/mol. The van der Waals surface area contributed by atoms with Gasteiger partial charge in [-0.2, -0.15) is 8.42 Å². The highest BCUT2D eigenvalue weighted by atomic mass is 32.2. The lowest BCUT2D eigenvalue weighted by atomic mass is 10.2. The van der Waals surface area contributed by atoms with Gasteiger partial charge in [-0.3, -0.25) is 9.36 Å². The molecule has 0 atom stereocenters. The summed E-state index contributed by atoms with van der Waals surface area (Å²) in [6, 6.07) is 8.33. The van der Waals surface area contributed by atoms with Crippen LogP contribution in [-0.4, -0.2) is 23.7 Å². The second-order valence-corrected chi connectivity index (χ2v) is 8.71. The van der Waals surface area contributed by atoms with Gasteiger partial charge in [-0.05, 0) is 37.0 Å². The highest BCUT2D eigenvalue weighted by Crippen LogP contribution is 2.34. The van der Waals surface area contributed by atoms with Gasteiger partial charge in [0.2, 0.25) is 0 Å². The van der Waals surface area contributed by atoms with Crippen LogP contribution in [0.2, 0.25) is 0 Å². The summed E-state index contributed by atoms with van der Waals surface area (Å²) in [5, 5.41) is 0.654. The van der Waals surface area contributed by atoms with Gasteiger partial charge in [0.15, 0.2) is 0 Å². The smallest absolute Gasteiger partial charge is 0.310 e. The Hall–Kier alpha value is -2.19. The van der Waals surface area contributed by atoms with Gasteiger partial charge in [0.25, 0.3) is 5.56 Å². The van der Waals surface area contributed by atoms with Crippen molar-refractivity contribution in [3.05, 3.63) is 57.5 Å². The molecule has 2 heterocycles. The van der Waals surface area contributed by atoms with E-state index in [4.69, 9.17) is 4.18 Å². The molecule has 0 radical (unpaired) electrons. The molecule has 0 N–H and O–H groups in total. The summed E-state index contributed by atoms with van der Waals surface area (Å²) in [7, 11) is -3.79. The molecule has 0 fully saturated rings. The summed E-state index contributed by atoms with van der Waals surface area (Å²) < 4.78 is 30.7. The Morgan fingerprint density at radius 1 is 1.20 bits per heavy atom. The van der Waals surface area contributed by atoms with E-state index in [-0.39, 0.29) is 23.6 Å². The number of fused-ring (bicyclic) bond motifs is 3. The average molecular weight is 376 g/mol. The van der Waals surface area contributed by atoms with E-state index in [0.717, 1.165) is 29.7 Å². The van der Waals surface area contributed by atoms with Crippen molar-refractivity contribution >= 4 is 31.7 Å². The van der Waals surface area contributed by atoms with E-state index in [9.17, 15) is 13.2 Å². The lowest BCUT2D eigenvalue weighted by Crippen LogP contribution is -2.26. The summed E-state index contributed by atoms with van der Waals surface area (Å²) in [6.07, 6.45) is 4.37. The van der Waals surface area contributed by atoms with Crippen LogP contribution in [0.5, 0.6) is 5.75 Å². The molecule has 1 aliphatic rings. The van der Waals surface area contributed by atoms with Crippen LogP contribution in [0.4, 0.5) is 0 Å². The SMILES string of the molecule is O=c1c2c3c(sc2ncn1CCS(=O)(=O)Oc1ccccc1)CCC3. The van der Waals surface area contributed by atoms with Crippen LogP contribution in [0, 0.1) is 0 Å². The summed E-state index contributed by atoms with van der Waals surface area (Å²) in [4.78, 5) is 19.0. The van der Waals surface area contributed by atoms with Crippen molar-refractivity contribution in [2.24, 2.45) is 0 Å². The van der Waals surface area contributed by atoms with Crippen molar-refractivity contribution in [3.63, 3.8) is 0 Å². The molecule has 0 aliphatic heterocycles. The normalized spacial score (nSPS) is 13.9. The minimum absolute atomic E-state index is 0.0154. The first-order valence-electron chi connectivity index (χ1n) is 8.00. The van der Waals surface area contributed by atoms with Crippen molar-refractivity contribution in [2.75, 3.05) is 5.75 Å². The molecule has 0 amide bonds. The number of para-hydroxylation sites is 1. The summed E-state index contributed by atoms with van der Waals surface area (Å²) in [5.74, 6) is -0.0273. The molecule has 4 rings (SSSR count). The molecule has 25 heavy (non-hydrogen) atoms. The monoisotopic (exact) mass is 376 g/mol. The Labute approximate surface area is 148 Å². The molecule has 3 aromatic rings. The van der Waals surface area contributed by atoms with Gasteiger partial charge in [-0.15, -0.1) is 11.3 Å². The fourth-order valence-electron chi connectivity index (χ4n) is 3.05. The van der Waals surface area contributed by atoms with E-state index in [2.05, 4.69) is 4.98 Å². The Kier molecular flexibility index (Phi) is 4.09. The molecule has 130 valence electrons. The number of benzene rings is 1. The van der Waals surface area contributed by atoms with Gasteiger partial charge < -0.3 is 4.18 Å². The molecule has 8 heteroatoms. The maximum Gasteiger partial charge on any atom is 0.310 e. The van der Waals surface area contributed by atoms with Crippen molar-refractivity contribution in [1.82, 2.24) is 9.55 Å². The summed E-state index contributed by atoms with van der Waals surface area (Å²) in [5.41, 5.74) is 0.926. The Morgan fingerprint density at radius 3 is 2.80 bits per heavy atom. The third-order valence-electron chi connectivity index (χ3n) is 4.24. The van der Waals surface area contributed by atoms with E-state index >= 15 is 0 Å². The van der Waals surface area contributed by atoms with E-state index in [1.165, 1.54) is 15.8 Å². The van der Waals surface area contributed by atoms with Crippen LogP contribution in [0.15, 0.2) is 41.5 Å². The van der Waals surface area contributed by atoms with E-state index in [1.54, 1.807) is 41.7 Å². The van der Waals surface area contributed by atoms with Gasteiger partial charge >= 0.3 is 10.1 Å². The molecule has 1 aromatic carbocycles. The highest BCUT2D eigenvalue weighted by molar-refractivity contribution is 7.87. The largest absolute Gasteiger partial charge is 0.382 e. The summed E-state index contributed by atoms with van der Waals surface area (Å²) >= 11 is 1.57. The van der Waals surface area contributed by atoms with Gasteiger partial charge in [0.05, 0.1) is 11.7 Å². The molecule has 0 saturated carbocycles. The number of thiophene rings is 1. The Balaban J connectivity index is 1.57. The molecule has 0 saturated heterocycles. The van der Waals surface area contributed by atoms with Gasteiger partial charge in [-0.25, -0.2) is 4.98 Å². The molecule has 0 bridgehead atoms. The van der Waals surface area contributed by atoms with Crippen molar-refractivity contribution in [2.45, 2.75) is 25.8 Å². The third kappa shape index (κ3) is 3.19. The number of aromatic nitrogens is 2. The zero-order chi connectivity index (χ0) is 17.4. The third-order valence-corrected chi connectivity index (χ3v) is 6.57. The predicted octanol–water partition coefficient (Wildman–Crippen LogP) is 2.36.